The highest BCUT2D eigenvalue weighted by atomic mass is 35.5. The third-order valence-electron chi connectivity index (χ3n) is 1.97. The Morgan fingerprint density at radius 1 is 1.25 bits per heavy atom. The second-order valence-corrected chi connectivity index (χ2v) is 5.69. The van der Waals surface area contributed by atoms with Crippen molar-refractivity contribution in [2.75, 3.05) is 6.54 Å². The smallest absolute Gasteiger partial charge is 0.241 e. The fourth-order valence-corrected chi connectivity index (χ4v) is 2.51. The van der Waals surface area contributed by atoms with E-state index in [-0.39, 0.29) is 23.8 Å². The minimum Gasteiger partial charge on any atom is -0.329 e. The largest absolute Gasteiger partial charge is 0.329 e. The summed E-state index contributed by atoms with van der Waals surface area (Å²) in [4.78, 5) is 0.256. The Morgan fingerprint density at radius 2 is 1.75 bits per heavy atom. The lowest BCUT2D eigenvalue weighted by Gasteiger charge is -2.23. The van der Waals surface area contributed by atoms with E-state index in [1.165, 1.54) is 0 Å². The van der Waals surface area contributed by atoms with Crippen molar-refractivity contribution in [3.8, 4) is 0 Å². The topological polar surface area (TPSA) is 72.2 Å². The summed E-state index contributed by atoms with van der Waals surface area (Å²) in [6.45, 7) is 3.74. The SMILES string of the molecule is CC(C)(CN)NS(=O)(=O)c1ccccc1.Cl. The molecule has 0 saturated carbocycles. The molecule has 16 heavy (non-hydrogen) atoms. The quantitative estimate of drug-likeness (QED) is 0.856. The van der Waals surface area contributed by atoms with Crippen LogP contribution in [0.25, 0.3) is 0 Å². The third kappa shape index (κ3) is 4.09. The molecule has 0 aliphatic heterocycles. The molecule has 0 aliphatic carbocycles. The Labute approximate surface area is 103 Å². The van der Waals surface area contributed by atoms with Crippen molar-refractivity contribution in [2.45, 2.75) is 24.3 Å². The van der Waals surface area contributed by atoms with E-state index in [4.69, 9.17) is 5.73 Å². The van der Waals surface area contributed by atoms with Crippen molar-refractivity contribution in [1.29, 1.82) is 0 Å². The molecule has 0 aromatic heterocycles. The number of sulfonamides is 1. The molecule has 0 atom stereocenters. The highest BCUT2D eigenvalue weighted by molar-refractivity contribution is 7.89. The summed E-state index contributed by atoms with van der Waals surface area (Å²) in [5.41, 5.74) is 4.83. The van der Waals surface area contributed by atoms with Gasteiger partial charge in [-0.05, 0) is 26.0 Å². The predicted molar refractivity (Wildman–Crippen MR) is 67.1 cm³/mol. The van der Waals surface area contributed by atoms with Gasteiger partial charge in [-0.15, -0.1) is 12.4 Å². The average Bonchev–Trinajstić information content (AvgIpc) is 2.18. The van der Waals surface area contributed by atoms with E-state index in [9.17, 15) is 8.42 Å². The molecule has 0 bridgehead atoms. The zero-order valence-corrected chi connectivity index (χ0v) is 10.9. The number of hydrogen-bond acceptors (Lipinski definition) is 3. The molecule has 0 spiro atoms. The molecule has 6 heteroatoms. The van der Waals surface area contributed by atoms with Gasteiger partial charge in [-0.2, -0.15) is 0 Å². The van der Waals surface area contributed by atoms with E-state index in [1.54, 1.807) is 44.2 Å². The number of rotatable bonds is 4. The van der Waals surface area contributed by atoms with Crippen LogP contribution < -0.4 is 10.5 Å². The Morgan fingerprint density at radius 3 is 2.19 bits per heavy atom. The van der Waals surface area contributed by atoms with Gasteiger partial charge in [-0.1, -0.05) is 18.2 Å². The lowest BCUT2D eigenvalue weighted by atomic mass is 10.1. The standard InChI is InChI=1S/C10H16N2O2S.ClH/c1-10(2,8-11)12-15(13,14)9-6-4-3-5-7-9;/h3-7,12H,8,11H2,1-2H3;1H. The first-order valence-electron chi connectivity index (χ1n) is 4.66. The van der Waals surface area contributed by atoms with Crippen LogP contribution in [0.3, 0.4) is 0 Å². The molecule has 0 unspecified atom stereocenters. The van der Waals surface area contributed by atoms with Crippen LogP contribution in [0.5, 0.6) is 0 Å². The summed E-state index contributed by atoms with van der Waals surface area (Å²) in [5, 5.41) is 0. The molecule has 0 saturated heterocycles. The van der Waals surface area contributed by atoms with Gasteiger partial charge in [0.2, 0.25) is 10.0 Å². The molecule has 0 radical (unpaired) electrons. The first-order valence-corrected chi connectivity index (χ1v) is 6.15. The summed E-state index contributed by atoms with van der Waals surface area (Å²) in [6, 6.07) is 8.24. The van der Waals surface area contributed by atoms with E-state index >= 15 is 0 Å². The molecular weight excluding hydrogens is 248 g/mol. The number of benzene rings is 1. The lowest BCUT2D eigenvalue weighted by molar-refractivity contribution is 0.462. The first kappa shape index (κ1) is 15.4. The summed E-state index contributed by atoms with van der Waals surface area (Å²) < 4.78 is 26.2. The molecule has 4 nitrogen and oxygen atoms in total. The highest BCUT2D eigenvalue weighted by Crippen LogP contribution is 2.11. The minimum atomic E-state index is -3.46. The van der Waals surface area contributed by atoms with Crippen molar-refractivity contribution < 1.29 is 8.42 Å². The van der Waals surface area contributed by atoms with E-state index in [1.807, 2.05) is 0 Å². The predicted octanol–water partition coefficient (Wildman–Crippen LogP) is 1.12. The number of hydrogen-bond donors (Lipinski definition) is 2. The summed E-state index contributed by atoms with van der Waals surface area (Å²) in [6.07, 6.45) is 0. The van der Waals surface area contributed by atoms with Crippen LogP contribution in [0.15, 0.2) is 35.2 Å². The van der Waals surface area contributed by atoms with E-state index in [0.717, 1.165) is 0 Å². The Hall–Kier alpha value is -0.620. The van der Waals surface area contributed by atoms with Crippen LogP contribution in [0, 0.1) is 0 Å². The summed E-state index contributed by atoms with van der Waals surface area (Å²) in [5.74, 6) is 0. The van der Waals surface area contributed by atoms with Crippen LogP contribution in [0.2, 0.25) is 0 Å². The van der Waals surface area contributed by atoms with Crippen molar-refractivity contribution in [1.82, 2.24) is 4.72 Å². The van der Waals surface area contributed by atoms with Crippen LogP contribution >= 0.6 is 12.4 Å². The molecule has 0 fully saturated rings. The molecule has 3 N–H and O–H groups in total. The van der Waals surface area contributed by atoms with Gasteiger partial charge in [-0.25, -0.2) is 13.1 Å². The zero-order chi connectivity index (χ0) is 11.5. The van der Waals surface area contributed by atoms with Gasteiger partial charge in [0, 0.05) is 12.1 Å². The fourth-order valence-electron chi connectivity index (χ4n) is 1.06. The van der Waals surface area contributed by atoms with Crippen molar-refractivity contribution >= 4 is 22.4 Å². The maximum Gasteiger partial charge on any atom is 0.241 e. The molecule has 1 rings (SSSR count). The second kappa shape index (κ2) is 5.63. The van der Waals surface area contributed by atoms with E-state index in [0.29, 0.717) is 0 Å². The van der Waals surface area contributed by atoms with Gasteiger partial charge < -0.3 is 5.73 Å². The van der Waals surface area contributed by atoms with Crippen LogP contribution in [0.1, 0.15) is 13.8 Å². The van der Waals surface area contributed by atoms with Crippen LogP contribution in [0.4, 0.5) is 0 Å². The lowest BCUT2D eigenvalue weighted by Crippen LogP contribution is -2.48. The summed E-state index contributed by atoms with van der Waals surface area (Å²) in [7, 11) is -3.46. The fraction of sp³-hybridized carbons (Fsp3) is 0.400. The number of nitrogens with one attached hydrogen (secondary N) is 1. The molecule has 0 aliphatic rings. The van der Waals surface area contributed by atoms with Gasteiger partial charge in [0.15, 0.2) is 0 Å². The normalized spacial score (nSPS) is 11.9. The molecule has 1 aromatic carbocycles. The monoisotopic (exact) mass is 264 g/mol. The molecule has 92 valence electrons. The zero-order valence-electron chi connectivity index (χ0n) is 9.30. The second-order valence-electron chi connectivity index (χ2n) is 4.01. The van der Waals surface area contributed by atoms with Gasteiger partial charge >= 0.3 is 0 Å². The van der Waals surface area contributed by atoms with Gasteiger partial charge in [0.25, 0.3) is 0 Å². The molecular formula is C10H17ClN2O2S. The van der Waals surface area contributed by atoms with E-state index in [2.05, 4.69) is 4.72 Å². The van der Waals surface area contributed by atoms with Gasteiger partial charge in [-0.3, -0.25) is 0 Å². The summed E-state index contributed by atoms with van der Waals surface area (Å²) >= 11 is 0. The van der Waals surface area contributed by atoms with Crippen molar-refractivity contribution in [2.24, 2.45) is 5.73 Å². The molecule has 0 heterocycles. The average molecular weight is 265 g/mol. The Bertz CT molecular complexity index is 418. The van der Waals surface area contributed by atoms with Gasteiger partial charge in [0.05, 0.1) is 4.90 Å². The molecule has 0 amide bonds. The number of halogens is 1. The maximum atomic E-state index is 11.8. The van der Waals surface area contributed by atoms with Crippen molar-refractivity contribution in [3.05, 3.63) is 30.3 Å². The Balaban J connectivity index is 0.00000225. The first-order chi connectivity index (χ1) is 6.87. The van der Waals surface area contributed by atoms with Crippen LogP contribution in [-0.2, 0) is 10.0 Å². The van der Waals surface area contributed by atoms with Crippen molar-refractivity contribution in [3.63, 3.8) is 0 Å². The highest BCUT2D eigenvalue weighted by Gasteiger charge is 2.24. The maximum absolute atomic E-state index is 11.8. The Kier molecular flexibility index (Phi) is 5.41. The van der Waals surface area contributed by atoms with Gasteiger partial charge in [0.1, 0.15) is 0 Å². The minimum absolute atomic E-state index is 0. The van der Waals surface area contributed by atoms with Crippen LogP contribution in [-0.4, -0.2) is 20.5 Å². The number of nitrogens with two attached hydrogens (primary N) is 1. The molecule has 1 aromatic rings. The van der Waals surface area contributed by atoms with E-state index < -0.39 is 15.6 Å². The third-order valence-corrected chi connectivity index (χ3v) is 3.69.